The number of amides is 1. The molecule has 1 heterocycles. The smallest absolute Gasteiger partial charge is 0.246 e. The molecule has 1 aliphatic rings. The zero-order valence-electron chi connectivity index (χ0n) is 12.7. The van der Waals surface area contributed by atoms with Crippen molar-refractivity contribution in [2.24, 2.45) is 0 Å². The third-order valence-electron chi connectivity index (χ3n) is 4.18. The fourth-order valence-corrected chi connectivity index (χ4v) is 3.02. The summed E-state index contributed by atoms with van der Waals surface area (Å²) in [5.74, 6) is 0.981. The van der Waals surface area contributed by atoms with Gasteiger partial charge in [0.15, 0.2) is 0 Å². The number of hydrogen-bond acceptors (Lipinski definition) is 2. The quantitative estimate of drug-likeness (QED) is 0.812. The van der Waals surface area contributed by atoms with E-state index < -0.39 is 0 Å². The third kappa shape index (κ3) is 2.62. The summed E-state index contributed by atoms with van der Waals surface area (Å²) >= 11 is 0. The van der Waals surface area contributed by atoms with Crippen LogP contribution in [0.3, 0.4) is 0 Å². The van der Waals surface area contributed by atoms with Gasteiger partial charge in [-0.15, -0.1) is 0 Å². The summed E-state index contributed by atoms with van der Waals surface area (Å²) in [4.78, 5) is 13.9. The predicted octanol–water partition coefficient (Wildman–Crippen LogP) is 3.36. The zero-order chi connectivity index (χ0) is 15.5. The van der Waals surface area contributed by atoms with Crippen LogP contribution >= 0.6 is 0 Å². The Hall–Kier alpha value is -2.55. The van der Waals surface area contributed by atoms with E-state index in [0.717, 1.165) is 11.3 Å². The lowest BCUT2D eigenvalue weighted by atomic mass is 9.84. The second-order valence-corrected chi connectivity index (χ2v) is 5.45. The van der Waals surface area contributed by atoms with Crippen molar-refractivity contribution >= 4 is 5.91 Å². The molecule has 0 aromatic heterocycles. The maximum Gasteiger partial charge on any atom is 0.246 e. The largest absolute Gasteiger partial charge is 0.497 e. The number of benzene rings is 2. The monoisotopic (exact) mass is 293 g/mol. The molecule has 0 radical (unpaired) electrons. The number of fused-ring (bicyclic) bond motifs is 1. The van der Waals surface area contributed by atoms with Crippen LogP contribution in [0, 0.1) is 0 Å². The number of carbonyl (C=O) groups is 1. The van der Waals surface area contributed by atoms with Crippen LogP contribution in [-0.2, 0) is 11.3 Å². The van der Waals surface area contributed by atoms with Crippen LogP contribution < -0.4 is 4.74 Å². The first kappa shape index (κ1) is 14.4. The van der Waals surface area contributed by atoms with Crippen LogP contribution in [0.25, 0.3) is 0 Å². The molecular formula is C19H19NO2. The first-order chi connectivity index (χ1) is 10.7. The lowest BCUT2D eigenvalue weighted by molar-refractivity contribution is -0.127. The van der Waals surface area contributed by atoms with Crippen molar-refractivity contribution in [3.05, 3.63) is 77.9 Å². The SMILES string of the molecule is C=CC(=O)N1Cc2ccc(OC)cc2[C@H](c2ccccc2)C1. The maximum atomic E-state index is 12.1. The van der Waals surface area contributed by atoms with E-state index in [1.165, 1.54) is 17.2 Å². The van der Waals surface area contributed by atoms with Gasteiger partial charge in [0.2, 0.25) is 5.91 Å². The molecule has 2 aromatic carbocycles. The topological polar surface area (TPSA) is 29.5 Å². The van der Waals surface area contributed by atoms with Crippen LogP contribution in [0.15, 0.2) is 61.2 Å². The molecule has 0 saturated carbocycles. The van der Waals surface area contributed by atoms with Gasteiger partial charge < -0.3 is 9.64 Å². The molecule has 0 unspecified atom stereocenters. The molecule has 1 amide bonds. The Balaban J connectivity index is 2.07. The third-order valence-corrected chi connectivity index (χ3v) is 4.18. The number of carbonyl (C=O) groups excluding carboxylic acids is 1. The molecule has 0 bridgehead atoms. The van der Waals surface area contributed by atoms with Crippen molar-refractivity contribution < 1.29 is 9.53 Å². The van der Waals surface area contributed by atoms with Crippen LogP contribution in [0.1, 0.15) is 22.6 Å². The minimum atomic E-state index is -0.0256. The summed E-state index contributed by atoms with van der Waals surface area (Å²) in [7, 11) is 1.68. The predicted molar refractivity (Wildman–Crippen MR) is 86.9 cm³/mol. The number of nitrogens with zero attached hydrogens (tertiary/aromatic N) is 1. The lowest BCUT2D eigenvalue weighted by Gasteiger charge is -2.34. The molecule has 2 aromatic rings. The Bertz CT molecular complexity index is 694. The van der Waals surface area contributed by atoms with Crippen molar-refractivity contribution in [3.63, 3.8) is 0 Å². The average molecular weight is 293 g/mol. The van der Waals surface area contributed by atoms with Gasteiger partial charge in [-0.05, 0) is 34.9 Å². The fourth-order valence-electron chi connectivity index (χ4n) is 3.02. The summed E-state index contributed by atoms with van der Waals surface area (Å²) in [5, 5.41) is 0. The highest BCUT2D eigenvalue weighted by atomic mass is 16.5. The van der Waals surface area contributed by atoms with Crippen molar-refractivity contribution in [1.82, 2.24) is 4.90 Å². The molecule has 0 spiro atoms. The highest BCUT2D eigenvalue weighted by Gasteiger charge is 2.28. The van der Waals surface area contributed by atoms with Gasteiger partial charge in [0.1, 0.15) is 5.75 Å². The highest BCUT2D eigenvalue weighted by molar-refractivity contribution is 5.87. The van der Waals surface area contributed by atoms with E-state index in [1.54, 1.807) is 7.11 Å². The zero-order valence-corrected chi connectivity index (χ0v) is 12.7. The van der Waals surface area contributed by atoms with Gasteiger partial charge in [0, 0.05) is 19.0 Å². The number of rotatable bonds is 3. The molecule has 112 valence electrons. The van der Waals surface area contributed by atoms with E-state index >= 15 is 0 Å². The number of methoxy groups -OCH3 is 1. The second-order valence-electron chi connectivity index (χ2n) is 5.45. The minimum absolute atomic E-state index is 0.0256. The summed E-state index contributed by atoms with van der Waals surface area (Å²) in [6, 6.07) is 16.4. The van der Waals surface area contributed by atoms with E-state index in [0.29, 0.717) is 13.1 Å². The van der Waals surface area contributed by atoms with Crippen LogP contribution in [0.4, 0.5) is 0 Å². The maximum absolute atomic E-state index is 12.1. The Kier molecular flexibility index (Phi) is 3.96. The molecule has 1 atom stereocenters. The fraction of sp³-hybridized carbons (Fsp3) is 0.211. The van der Waals surface area contributed by atoms with Gasteiger partial charge in [-0.25, -0.2) is 0 Å². The second kappa shape index (κ2) is 6.06. The first-order valence-electron chi connectivity index (χ1n) is 7.36. The van der Waals surface area contributed by atoms with Crippen molar-refractivity contribution in [3.8, 4) is 5.75 Å². The molecule has 3 nitrogen and oxygen atoms in total. The molecule has 1 aliphatic heterocycles. The summed E-state index contributed by atoms with van der Waals surface area (Å²) in [6.07, 6.45) is 1.39. The molecular weight excluding hydrogens is 274 g/mol. The Labute approximate surface area is 130 Å². The van der Waals surface area contributed by atoms with E-state index in [4.69, 9.17) is 4.74 Å². The Morgan fingerprint density at radius 3 is 2.73 bits per heavy atom. The van der Waals surface area contributed by atoms with E-state index in [-0.39, 0.29) is 11.8 Å². The molecule has 0 saturated heterocycles. The van der Waals surface area contributed by atoms with Gasteiger partial charge >= 0.3 is 0 Å². The highest BCUT2D eigenvalue weighted by Crippen LogP contribution is 2.35. The van der Waals surface area contributed by atoms with Gasteiger partial charge in [-0.2, -0.15) is 0 Å². The summed E-state index contributed by atoms with van der Waals surface area (Å²) in [6.45, 7) is 4.89. The van der Waals surface area contributed by atoms with Crippen molar-refractivity contribution in [2.45, 2.75) is 12.5 Å². The summed E-state index contributed by atoms with van der Waals surface area (Å²) in [5.41, 5.74) is 3.60. The molecule has 3 rings (SSSR count). The lowest BCUT2D eigenvalue weighted by Crippen LogP contribution is -2.37. The standard InChI is InChI=1S/C19H19NO2/c1-3-19(21)20-12-15-9-10-16(22-2)11-17(15)18(13-20)14-7-5-4-6-8-14/h3-11,18H,1,12-13H2,2H3/t18-/m0/s1. The first-order valence-corrected chi connectivity index (χ1v) is 7.36. The number of ether oxygens (including phenoxy) is 1. The Morgan fingerprint density at radius 2 is 2.05 bits per heavy atom. The van der Waals surface area contributed by atoms with Crippen LogP contribution in [-0.4, -0.2) is 24.5 Å². The van der Waals surface area contributed by atoms with Gasteiger partial charge in [-0.1, -0.05) is 43.0 Å². The van der Waals surface area contributed by atoms with E-state index in [2.05, 4.69) is 24.8 Å². The van der Waals surface area contributed by atoms with Gasteiger partial charge in [0.05, 0.1) is 7.11 Å². The molecule has 22 heavy (non-hydrogen) atoms. The molecule has 0 aliphatic carbocycles. The van der Waals surface area contributed by atoms with Crippen molar-refractivity contribution in [1.29, 1.82) is 0 Å². The average Bonchev–Trinajstić information content (AvgIpc) is 2.60. The summed E-state index contributed by atoms with van der Waals surface area (Å²) < 4.78 is 5.36. The van der Waals surface area contributed by atoms with Gasteiger partial charge in [-0.3, -0.25) is 4.79 Å². The van der Waals surface area contributed by atoms with Crippen LogP contribution in [0.2, 0.25) is 0 Å². The molecule has 0 N–H and O–H groups in total. The van der Waals surface area contributed by atoms with Crippen molar-refractivity contribution in [2.75, 3.05) is 13.7 Å². The molecule has 0 fully saturated rings. The molecule has 3 heteroatoms. The van der Waals surface area contributed by atoms with Gasteiger partial charge in [0.25, 0.3) is 0 Å². The van der Waals surface area contributed by atoms with E-state index in [1.807, 2.05) is 35.2 Å². The van der Waals surface area contributed by atoms with Crippen LogP contribution in [0.5, 0.6) is 5.75 Å². The minimum Gasteiger partial charge on any atom is -0.497 e. The number of hydrogen-bond donors (Lipinski definition) is 0. The normalized spacial score (nSPS) is 16.8. The Morgan fingerprint density at radius 1 is 1.27 bits per heavy atom. The van der Waals surface area contributed by atoms with E-state index in [9.17, 15) is 4.79 Å².